The Morgan fingerprint density at radius 2 is 1.86 bits per heavy atom. The van der Waals surface area contributed by atoms with E-state index < -0.39 is 0 Å². The monoisotopic (exact) mass is 284 g/mol. The van der Waals surface area contributed by atoms with Gasteiger partial charge in [-0.3, -0.25) is 4.79 Å². The van der Waals surface area contributed by atoms with Gasteiger partial charge in [-0.05, 0) is 48.4 Å². The fraction of sp³-hybridized carbons (Fsp3) is 0.500. The normalized spacial score (nSPS) is 16.1. The van der Waals surface area contributed by atoms with Crippen molar-refractivity contribution in [3.63, 3.8) is 0 Å². The van der Waals surface area contributed by atoms with Gasteiger partial charge in [0.15, 0.2) is 0 Å². The number of carbonyl (C=O) groups excluding carboxylic acids is 1. The molecule has 1 aliphatic rings. The maximum Gasteiger partial charge on any atom is 0.222 e. The maximum absolute atomic E-state index is 12.3. The predicted molar refractivity (Wildman–Crippen MR) is 86.3 cm³/mol. The Balaban J connectivity index is 1.61. The number of carbonyl (C=O) groups is 1. The highest BCUT2D eigenvalue weighted by Gasteiger charge is 2.15. The van der Waals surface area contributed by atoms with Gasteiger partial charge in [0, 0.05) is 38.3 Å². The van der Waals surface area contributed by atoms with Crippen LogP contribution in [0.3, 0.4) is 0 Å². The summed E-state index contributed by atoms with van der Waals surface area (Å²) in [4.78, 5) is 14.4. The smallest absolute Gasteiger partial charge is 0.222 e. The highest BCUT2D eigenvalue weighted by molar-refractivity contribution is 5.81. The second-order valence-corrected chi connectivity index (χ2v) is 6.11. The first-order valence-electron chi connectivity index (χ1n) is 8.06. The van der Waals surface area contributed by atoms with Gasteiger partial charge in [0.1, 0.15) is 0 Å². The number of hydrogen-bond acceptors (Lipinski definition) is 1. The van der Waals surface area contributed by atoms with Crippen LogP contribution in [0.4, 0.5) is 0 Å². The van der Waals surface area contributed by atoms with E-state index >= 15 is 0 Å². The summed E-state index contributed by atoms with van der Waals surface area (Å²) < 4.78 is 2.13. The Morgan fingerprint density at radius 3 is 2.62 bits per heavy atom. The van der Waals surface area contributed by atoms with Crippen molar-refractivity contribution in [2.75, 3.05) is 13.1 Å². The van der Waals surface area contributed by atoms with Crippen LogP contribution in [0.15, 0.2) is 30.5 Å². The Bertz CT molecular complexity index is 621. The molecule has 0 unspecified atom stereocenters. The first kappa shape index (κ1) is 14.2. The number of nitrogens with zero attached hydrogens (tertiary/aromatic N) is 2. The van der Waals surface area contributed by atoms with Gasteiger partial charge in [0.25, 0.3) is 0 Å². The van der Waals surface area contributed by atoms with Gasteiger partial charge in [-0.25, -0.2) is 0 Å². The van der Waals surface area contributed by atoms with Crippen LogP contribution in [0.2, 0.25) is 0 Å². The number of aryl methyl sites for hydroxylation is 2. The summed E-state index contributed by atoms with van der Waals surface area (Å²) in [5.74, 6) is 0.324. The molecule has 3 nitrogen and oxygen atoms in total. The van der Waals surface area contributed by atoms with Gasteiger partial charge in [0.2, 0.25) is 5.91 Å². The van der Waals surface area contributed by atoms with Gasteiger partial charge in [-0.1, -0.05) is 18.9 Å². The lowest BCUT2D eigenvalue weighted by atomic mass is 10.1. The third-order valence-electron chi connectivity index (χ3n) is 4.54. The summed E-state index contributed by atoms with van der Waals surface area (Å²) in [5.41, 5.74) is 2.51. The zero-order valence-electron chi connectivity index (χ0n) is 12.8. The number of amides is 1. The minimum Gasteiger partial charge on any atom is -0.351 e. The van der Waals surface area contributed by atoms with Gasteiger partial charge in [0.05, 0.1) is 0 Å². The SMILES string of the molecule is Cn1ccc2cc(CCC(=O)N3CCCCCC3)ccc21. The highest BCUT2D eigenvalue weighted by atomic mass is 16.2. The standard InChI is InChI=1S/C18H24N2O/c1-19-13-10-16-14-15(6-8-17(16)19)7-9-18(21)20-11-4-2-3-5-12-20/h6,8,10,13-14H,2-5,7,9,11-12H2,1H3. The second-order valence-electron chi connectivity index (χ2n) is 6.11. The molecule has 3 rings (SSSR count). The highest BCUT2D eigenvalue weighted by Crippen LogP contribution is 2.18. The molecule has 0 radical (unpaired) electrons. The molecule has 1 amide bonds. The molecule has 0 saturated carbocycles. The molecule has 21 heavy (non-hydrogen) atoms. The van der Waals surface area contributed by atoms with Crippen molar-refractivity contribution in [2.24, 2.45) is 7.05 Å². The second kappa shape index (κ2) is 6.33. The number of likely N-dealkylation sites (tertiary alicyclic amines) is 1. The lowest BCUT2D eigenvalue weighted by Crippen LogP contribution is -2.31. The molecule has 0 N–H and O–H groups in total. The third-order valence-corrected chi connectivity index (χ3v) is 4.54. The number of fused-ring (bicyclic) bond motifs is 1. The molecule has 2 aromatic rings. The van der Waals surface area contributed by atoms with Gasteiger partial charge in [-0.2, -0.15) is 0 Å². The van der Waals surface area contributed by atoms with Crippen LogP contribution in [0.25, 0.3) is 10.9 Å². The largest absolute Gasteiger partial charge is 0.351 e. The molecule has 1 aliphatic heterocycles. The van der Waals surface area contributed by atoms with Crippen LogP contribution in [-0.4, -0.2) is 28.5 Å². The van der Waals surface area contributed by atoms with Crippen LogP contribution >= 0.6 is 0 Å². The van der Waals surface area contributed by atoms with E-state index in [0.717, 1.165) is 19.5 Å². The van der Waals surface area contributed by atoms with E-state index in [-0.39, 0.29) is 0 Å². The maximum atomic E-state index is 12.3. The fourth-order valence-electron chi connectivity index (χ4n) is 3.22. The number of rotatable bonds is 3. The molecule has 2 heterocycles. The zero-order valence-corrected chi connectivity index (χ0v) is 12.8. The van der Waals surface area contributed by atoms with Crippen molar-refractivity contribution in [1.29, 1.82) is 0 Å². The fourth-order valence-corrected chi connectivity index (χ4v) is 3.22. The molecular weight excluding hydrogens is 260 g/mol. The summed E-state index contributed by atoms with van der Waals surface area (Å²) in [6, 6.07) is 8.65. The van der Waals surface area contributed by atoms with E-state index in [1.54, 1.807) is 0 Å². The third kappa shape index (κ3) is 3.29. The van der Waals surface area contributed by atoms with E-state index in [1.807, 2.05) is 0 Å². The summed E-state index contributed by atoms with van der Waals surface area (Å²) in [6.07, 6.45) is 8.45. The van der Waals surface area contributed by atoms with Crippen LogP contribution in [0, 0.1) is 0 Å². The van der Waals surface area contributed by atoms with Crippen molar-refractivity contribution in [3.8, 4) is 0 Å². The van der Waals surface area contributed by atoms with Gasteiger partial charge >= 0.3 is 0 Å². The molecule has 1 aromatic carbocycles. The van der Waals surface area contributed by atoms with Crippen molar-refractivity contribution < 1.29 is 4.79 Å². The predicted octanol–water partition coefficient (Wildman–Crippen LogP) is 3.51. The van der Waals surface area contributed by atoms with Crippen LogP contribution < -0.4 is 0 Å². The summed E-state index contributed by atoms with van der Waals surface area (Å²) in [6.45, 7) is 1.91. The minimum atomic E-state index is 0.324. The van der Waals surface area contributed by atoms with E-state index in [0.29, 0.717) is 12.3 Å². The molecule has 1 aromatic heterocycles. The molecule has 0 aliphatic carbocycles. The summed E-state index contributed by atoms with van der Waals surface area (Å²) in [7, 11) is 2.06. The molecule has 1 saturated heterocycles. The lowest BCUT2D eigenvalue weighted by Gasteiger charge is -2.20. The quantitative estimate of drug-likeness (QED) is 0.846. The molecule has 3 heteroatoms. The molecular formula is C18H24N2O. The van der Waals surface area contributed by atoms with E-state index in [4.69, 9.17) is 0 Å². The van der Waals surface area contributed by atoms with Crippen LogP contribution in [-0.2, 0) is 18.3 Å². The topological polar surface area (TPSA) is 25.2 Å². The summed E-state index contributed by atoms with van der Waals surface area (Å²) >= 11 is 0. The van der Waals surface area contributed by atoms with Crippen molar-refractivity contribution in [1.82, 2.24) is 9.47 Å². The van der Waals surface area contributed by atoms with Gasteiger partial charge in [-0.15, -0.1) is 0 Å². The first-order chi connectivity index (χ1) is 10.2. The van der Waals surface area contributed by atoms with Crippen LogP contribution in [0.1, 0.15) is 37.7 Å². The number of aromatic nitrogens is 1. The van der Waals surface area contributed by atoms with E-state index in [9.17, 15) is 4.79 Å². The van der Waals surface area contributed by atoms with Crippen molar-refractivity contribution in [3.05, 3.63) is 36.0 Å². The van der Waals surface area contributed by atoms with Gasteiger partial charge < -0.3 is 9.47 Å². The van der Waals surface area contributed by atoms with Crippen LogP contribution in [0.5, 0.6) is 0 Å². The molecule has 1 fully saturated rings. The summed E-state index contributed by atoms with van der Waals surface area (Å²) in [5, 5.41) is 1.26. The van der Waals surface area contributed by atoms with E-state index in [1.165, 1.54) is 42.1 Å². The Labute approximate surface area is 126 Å². The Hall–Kier alpha value is -1.77. The van der Waals surface area contributed by atoms with E-state index in [2.05, 4.69) is 47.0 Å². The average Bonchev–Trinajstić information content (AvgIpc) is 2.71. The average molecular weight is 284 g/mol. The first-order valence-corrected chi connectivity index (χ1v) is 8.06. The zero-order chi connectivity index (χ0) is 14.7. The molecule has 0 atom stereocenters. The Kier molecular flexibility index (Phi) is 4.28. The number of hydrogen-bond donors (Lipinski definition) is 0. The molecule has 0 bridgehead atoms. The number of benzene rings is 1. The minimum absolute atomic E-state index is 0.324. The van der Waals surface area contributed by atoms with Crippen molar-refractivity contribution in [2.45, 2.75) is 38.5 Å². The van der Waals surface area contributed by atoms with Crippen molar-refractivity contribution >= 4 is 16.8 Å². The molecule has 0 spiro atoms. The Morgan fingerprint density at radius 1 is 1.10 bits per heavy atom. The molecule has 112 valence electrons. The lowest BCUT2D eigenvalue weighted by molar-refractivity contribution is -0.131.